The van der Waals surface area contributed by atoms with Gasteiger partial charge in [0.2, 0.25) is 5.91 Å². The Bertz CT molecular complexity index is 381. The van der Waals surface area contributed by atoms with E-state index in [4.69, 9.17) is 4.74 Å². The molecule has 4 heteroatoms. The van der Waals surface area contributed by atoms with Gasteiger partial charge in [0.1, 0.15) is 0 Å². The zero-order valence-electron chi connectivity index (χ0n) is 8.37. The number of para-hydroxylation sites is 1. The summed E-state index contributed by atoms with van der Waals surface area (Å²) in [5.41, 5.74) is 0.809. The molecule has 0 aliphatic heterocycles. The summed E-state index contributed by atoms with van der Waals surface area (Å²) < 4.78 is 5.99. The molecule has 2 unspecified atom stereocenters. The van der Waals surface area contributed by atoms with Crippen LogP contribution in [0.2, 0.25) is 0 Å². The average molecular weight is 270 g/mol. The minimum absolute atomic E-state index is 0.0158. The molecule has 1 N–H and O–H groups in total. The van der Waals surface area contributed by atoms with Gasteiger partial charge in [-0.25, -0.2) is 0 Å². The van der Waals surface area contributed by atoms with Crippen LogP contribution in [0.15, 0.2) is 28.7 Å². The van der Waals surface area contributed by atoms with Gasteiger partial charge in [-0.1, -0.05) is 12.1 Å². The highest BCUT2D eigenvalue weighted by molar-refractivity contribution is 9.10. The van der Waals surface area contributed by atoms with E-state index in [-0.39, 0.29) is 17.9 Å². The van der Waals surface area contributed by atoms with Crippen molar-refractivity contribution in [2.24, 2.45) is 5.92 Å². The normalized spacial score (nSPS) is 23.6. The van der Waals surface area contributed by atoms with E-state index < -0.39 is 0 Å². The van der Waals surface area contributed by atoms with E-state index in [0.717, 1.165) is 16.6 Å². The van der Waals surface area contributed by atoms with Crippen LogP contribution in [-0.4, -0.2) is 19.1 Å². The van der Waals surface area contributed by atoms with E-state index in [2.05, 4.69) is 21.2 Å². The van der Waals surface area contributed by atoms with Gasteiger partial charge < -0.3 is 10.1 Å². The maximum absolute atomic E-state index is 11.7. The highest BCUT2D eigenvalue weighted by atomic mass is 79.9. The number of rotatable bonds is 3. The summed E-state index contributed by atoms with van der Waals surface area (Å²) in [6.45, 7) is 0. The van der Waals surface area contributed by atoms with Crippen molar-refractivity contribution in [3.05, 3.63) is 28.7 Å². The van der Waals surface area contributed by atoms with Crippen LogP contribution in [0, 0.1) is 5.92 Å². The zero-order chi connectivity index (χ0) is 10.8. The van der Waals surface area contributed by atoms with Gasteiger partial charge in [0, 0.05) is 11.6 Å². The first-order chi connectivity index (χ1) is 7.22. The third kappa shape index (κ3) is 2.38. The van der Waals surface area contributed by atoms with Crippen molar-refractivity contribution in [2.45, 2.75) is 12.5 Å². The molecule has 0 spiro atoms. The van der Waals surface area contributed by atoms with Crippen LogP contribution in [0.5, 0.6) is 0 Å². The number of hydrogen-bond acceptors (Lipinski definition) is 2. The predicted octanol–water partition coefficient (Wildman–Crippen LogP) is 2.42. The number of anilines is 1. The Balaban J connectivity index is 1.98. The molecule has 3 nitrogen and oxygen atoms in total. The topological polar surface area (TPSA) is 38.3 Å². The van der Waals surface area contributed by atoms with E-state index in [1.165, 1.54) is 0 Å². The number of hydrogen-bond donors (Lipinski definition) is 1. The summed E-state index contributed by atoms with van der Waals surface area (Å²) in [6, 6.07) is 7.57. The van der Waals surface area contributed by atoms with E-state index in [9.17, 15) is 4.79 Å². The molecule has 0 saturated heterocycles. The summed E-state index contributed by atoms with van der Waals surface area (Å²) in [5, 5.41) is 2.87. The second-order valence-electron chi connectivity index (χ2n) is 3.59. The Morgan fingerprint density at radius 1 is 1.53 bits per heavy atom. The molecule has 80 valence electrons. The zero-order valence-corrected chi connectivity index (χ0v) is 9.95. The number of carbonyl (C=O) groups excluding carboxylic acids is 1. The molecule has 1 fully saturated rings. The Hall–Kier alpha value is -0.870. The fourth-order valence-electron chi connectivity index (χ4n) is 1.50. The number of benzene rings is 1. The minimum atomic E-state index is 0.0158. The molecule has 0 aromatic heterocycles. The van der Waals surface area contributed by atoms with Gasteiger partial charge in [-0.2, -0.15) is 0 Å². The molecule has 15 heavy (non-hydrogen) atoms. The molecule has 1 saturated carbocycles. The Labute approximate surface area is 96.9 Å². The van der Waals surface area contributed by atoms with Crippen molar-refractivity contribution in [1.29, 1.82) is 0 Å². The Kier molecular flexibility index (Phi) is 3.07. The van der Waals surface area contributed by atoms with Crippen LogP contribution in [-0.2, 0) is 9.53 Å². The van der Waals surface area contributed by atoms with E-state index in [0.29, 0.717) is 0 Å². The second kappa shape index (κ2) is 4.33. The second-order valence-corrected chi connectivity index (χ2v) is 4.44. The molecular formula is C11H12BrNO2. The van der Waals surface area contributed by atoms with Gasteiger partial charge in [0.15, 0.2) is 0 Å². The lowest BCUT2D eigenvalue weighted by Crippen LogP contribution is -2.16. The molecule has 0 heterocycles. The number of amides is 1. The average Bonchev–Trinajstić information content (AvgIpc) is 3.00. The van der Waals surface area contributed by atoms with Crippen LogP contribution in [0.4, 0.5) is 5.69 Å². The lowest BCUT2D eigenvalue weighted by Gasteiger charge is -2.06. The number of carbonyl (C=O) groups is 1. The monoisotopic (exact) mass is 269 g/mol. The molecule has 1 aliphatic rings. The largest absolute Gasteiger partial charge is 0.381 e. The third-order valence-corrected chi connectivity index (χ3v) is 3.19. The number of ether oxygens (including phenoxy) is 1. The quantitative estimate of drug-likeness (QED) is 0.916. The van der Waals surface area contributed by atoms with Crippen LogP contribution in [0.3, 0.4) is 0 Å². The van der Waals surface area contributed by atoms with Gasteiger partial charge in [-0.3, -0.25) is 4.79 Å². The highest BCUT2D eigenvalue weighted by Gasteiger charge is 2.43. The van der Waals surface area contributed by atoms with Gasteiger partial charge in [0.25, 0.3) is 0 Å². The van der Waals surface area contributed by atoms with Crippen molar-refractivity contribution < 1.29 is 9.53 Å². The first-order valence-electron chi connectivity index (χ1n) is 4.80. The smallest absolute Gasteiger partial charge is 0.230 e. The van der Waals surface area contributed by atoms with E-state index >= 15 is 0 Å². The first-order valence-corrected chi connectivity index (χ1v) is 5.60. The molecule has 1 aromatic rings. The van der Waals surface area contributed by atoms with Crippen molar-refractivity contribution in [3.63, 3.8) is 0 Å². The van der Waals surface area contributed by atoms with Crippen LogP contribution >= 0.6 is 15.9 Å². The number of halogens is 1. The Morgan fingerprint density at radius 3 is 2.87 bits per heavy atom. The van der Waals surface area contributed by atoms with Gasteiger partial charge in [-0.05, 0) is 34.5 Å². The standard InChI is InChI=1S/C11H12BrNO2/c1-15-10-6-7(10)11(14)13-9-5-3-2-4-8(9)12/h2-5,7,10H,6H2,1H3,(H,13,14). The SMILES string of the molecule is COC1CC1C(=O)Nc1ccccc1Br. The summed E-state index contributed by atoms with van der Waals surface area (Å²) in [6.07, 6.45) is 0.930. The minimum Gasteiger partial charge on any atom is -0.381 e. The van der Waals surface area contributed by atoms with Gasteiger partial charge in [-0.15, -0.1) is 0 Å². The summed E-state index contributed by atoms with van der Waals surface area (Å²) in [5.74, 6) is 0.0517. The van der Waals surface area contributed by atoms with Gasteiger partial charge in [0.05, 0.1) is 17.7 Å². The van der Waals surface area contributed by atoms with E-state index in [1.807, 2.05) is 24.3 Å². The van der Waals surface area contributed by atoms with Crippen molar-refractivity contribution in [3.8, 4) is 0 Å². The maximum Gasteiger partial charge on any atom is 0.230 e. The summed E-state index contributed by atoms with van der Waals surface area (Å²) in [7, 11) is 1.64. The fraction of sp³-hybridized carbons (Fsp3) is 0.364. The Morgan fingerprint density at radius 2 is 2.27 bits per heavy atom. The highest BCUT2D eigenvalue weighted by Crippen LogP contribution is 2.34. The van der Waals surface area contributed by atoms with Crippen molar-refractivity contribution in [2.75, 3.05) is 12.4 Å². The number of nitrogens with one attached hydrogen (secondary N) is 1. The van der Waals surface area contributed by atoms with Gasteiger partial charge >= 0.3 is 0 Å². The molecule has 1 amide bonds. The fourth-order valence-corrected chi connectivity index (χ4v) is 1.88. The third-order valence-electron chi connectivity index (χ3n) is 2.50. The molecule has 1 aromatic carbocycles. The lowest BCUT2D eigenvalue weighted by atomic mass is 10.3. The molecule has 2 rings (SSSR count). The predicted molar refractivity (Wildman–Crippen MR) is 61.7 cm³/mol. The maximum atomic E-state index is 11.7. The summed E-state index contributed by atoms with van der Waals surface area (Å²) >= 11 is 3.38. The van der Waals surface area contributed by atoms with Crippen LogP contribution in [0.1, 0.15) is 6.42 Å². The molecular weight excluding hydrogens is 258 g/mol. The summed E-state index contributed by atoms with van der Waals surface area (Å²) in [4.78, 5) is 11.7. The molecule has 0 radical (unpaired) electrons. The molecule has 0 bridgehead atoms. The van der Waals surface area contributed by atoms with Crippen molar-refractivity contribution >= 4 is 27.5 Å². The number of methoxy groups -OCH3 is 1. The van der Waals surface area contributed by atoms with E-state index in [1.54, 1.807) is 7.11 Å². The molecule has 1 aliphatic carbocycles. The first kappa shape index (κ1) is 10.6. The molecule has 2 atom stereocenters. The van der Waals surface area contributed by atoms with Crippen molar-refractivity contribution in [1.82, 2.24) is 0 Å². The lowest BCUT2D eigenvalue weighted by molar-refractivity contribution is -0.118. The van der Waals surface area contributed by atoms with Crippen LogP contribution < -0.4 is 5.32 Å². The van der Waals surface area contributed by atoms with Crippen LogP contribution in [0.25, 0.3) is 0 Å².